The van der Waals surface area contributed by atoms with E-state index in [9.17, 15) is 9.18 Å². The highest BCUT2D eigenvalue weighted by atomic mass is 35.5. The van der Waals surface area contributed by atoms with E-state index in [0.717, 1.165) is 11.1 Å². The summed E-state index contributed by atoms with van der Waals surface area (Å²) in [5.41, 5.74) is 5.57. The van der Waals surface area contributed by atoms with Crippen molar-refractivity contribution < 1.29 is 13.9 Å². The molecular weight excluding hydrogens is 477 g/mol. The Kier molecular flexibility index (Phi) is 6.12. The van der Waals surface area contributed by atoms with Crippen molar-refractivity contribution in [3.8, 4) is 17.1 Å². The SMILES string of the molecule is COc1ccc([C@@H]2Nn3c(nnc3-c3ccccc3)S[C@H]2C(=O)Nc2ccc(F)cc2)cc1Cl. The summed E-state index contributed by atoms with van der Waals surface area (Å²) in [5.74, 6) is 0.525. The molecule has 34 heavy (non-hydrogen) atoms. The number of hydrogen-bond acceptors (Lipinski definition) is 6. The number of halogens is 2. The number of nitrogens with zero attached hydrogens (tertiary/aromatic N) is 3. The first-order valence-electron chi connectivity index (χ1n) is 10.4. The molecule has 1 amide bonds. The van der Waals surface area contributed by atoms with Crippen LogP contribution in [0.2, 0.25) is 5.02 Å². The molecule has 5 rings (SSSR count). The van der Waals surface area contributed by atoms with Gasteiger partial charge in [0.2, 0.25) is 11.1 Å². The van der Waals surface area contributed by atoms with Gasteiger partial charge in [0.15, 0.2) is 5.82 Å². The minimum Gasteiger partial charge on any atom is -0.495 e. The Bertz CT molecular complexity index is 1330. The minimum atomic E-state index is -0.616. The Hall–Kier alpha value is -3.56. The first-order valence-corrected chi connectivity index (χ1v) is 11.6. The summed E-state index contributed by atoms with van der Waals surface area (Å²) in [6, 6.07) is 20.2. The van der Waals surface area contributed by atoms with Crippen molar-refractivity contribution in [2.75, 3.05) is 17.9 Å². The van der Waals surface area contributed by atoms with Crippen LogP contribution in [0.3, 0.4) is 0 Å². The largest absolute Gasteiger partial charge is 0.495 e. The van der Waals surface area contributed by atoms with E-state index >= 15 is 0 Å². The van der Waals surface area contributed by atoms with Gasteiger partial charge in [-0.3, -0.25) is 4.79 Å². The number of anilines is 1. The number of methoxy groups -OCH3 is 1. The Morgan fingerprint density at radius 3 is 2.59 bits per heavy atom. The second-order valence-electron chi connectivity index (χ2n) is 7.54. The highest BCUT2D eigenvalue weighted by Crippen LogP contribution is 2.40. The second kappa shape index (κ2) is 9.36. The third-order valence-corrected chi connectivity index (χ3v) is 6.88. The van der Waals surface area contributed by atoms with Crippen LogP contribution in [0.1, 0.15) is 11.6 Å². The van der Waals surface area contributed by atoms with Gasteiger partial charge in [-0.1, -0.05) is 59.8 Å². The second-order valence-corrected chi connectivity index (χ2v) is 9.06. The van der Waals surface area contributed by atoms with E-state index in [2.05, 4.69) is 20.9 Å². The van der Waals surface area contributed by atoms with Crippen LogP contribution in [0.5, 0.6) is 5.75 Å². The lowest BCUT2D eigenvalue weighted by Crippen LogP contribution is -2.41. The molecule has 2 atom stereocenters. The van der Waals surface area contributed by atoms with Crippen molar-refractivity contribution in [1.29, 1.82) is 0 Å². The molecule has 1 aromatic heterocycles. The number of carbonyl (C=O) groups is 1. The van der Waals surface area contributed by atoms with E-state index in [1.165, 1.54) is 36.0 Å². The van der Waals surface area contributed by atoms with Crippen molar-refractivity contribution in [2.45, 2.75) is 16.4 Å². The molecule has 0 radical (unpaired) electrons. The van der Waals surface area contributed by atoms with Gasteiger partial charge in [0.1, 0.15) is 16.8 Å². The lowest BCUT2D eigenvalue weighted by Gasteiger charge is -2.33. The Morgan fingerprint density at radius 1 is 1.12 bits per heavy atom. The number of rotatable bonds is 5. The molecule has 10 heteroatoms. The van der Waals surface area contributed by atoms with Crippen molar-refractivity contribution in [2.24, 2.45) is 0 Å². The number of carbonyl (C=O) groups excluding carboxylic acids is 1. The summed E-state index contributed by atoms with van der Waals surface area (Å²) in [6.45, 7) is 0. The molecule has 0 fully saturated rings. The molecule has 4 aromatic rings. The van der Waals surface area contributed by atoms with Gasteiger partial charge < -0.3 is 15.5 Å². The van der Waals surface area contributed by atoms with E-state index in [1.54, 1.807) is 23.9 Å². The first-order chi connectivity index (χ1) is 16.5. The molecule has 172 valence electrons. The lowest BCUT2D eigenvalue weighted by atomic mass is 10.0. The number of fused-ring (bicyclic) bond motifs is 1. The number of thioether (sulfide) groups is 1. The van der Waals surface area contributed by atoms with Crippen LogP contribution in [-0.4, -0.2) is 33.1 Å². The van der Waals surface area contributed by atoms with E-state index in [-0.39, 0.29) is 11.7 Å². The summed E-state index contributed by atoms with van der Waals surface area (Å²) < 4.78 is 20.4. The van der Waals surface area contributed by atoms with Gasteiger partial charge >= 0.3 is 0 Å². The molecule has 0 unspecified atom stereocenters. The zero-order chi connectivity index (χ0) is 23.7. The molecule has 0 saturated carbocycles. The van der Waals surface area contributed by atoms with E-state index in [4.69, 9.17) is 16.3 Å². The predicted octanol–water partition coefficient (Wildman–Crippen LogP) is 5.14. The Balaban J connectivity index is 1.52. The van der Waals surface area contributed by atoms with Crippen LogP contribution in [0.4, 0.5) is 10.1 Å². The maximum atomic E-state index is 13.3. The molecule has 2 heterocycles. The van der Waals surface area contributed by atoms with Gasteiger partial charge in [-0.2, -0.15) is 0 Å². The quantitative estimate of drug-likeness (QED) is 0.399. The molecule has 1 aliphatic heterocycles. The van der Waals surface area contributed by atoms with Crippen LogP contribution in [-0.2, 0) is 4.79 Å². The maximum absolute atomic E-state index is 13.3. The van der Waals surface area contributed by atoms with Gasteiger partial charge in [-0.25, -0.2) is 9.07 Å². The monoisotopic (exact) mass is 495 g/mol. The third kappa shape index (κ3) is 4.32. The van der Waals surface area contributed by atoms with Gasteiger partial charge in [0, 0.05) is 11.3 Å². The first kappa shape index (κ1) is 22.2. The van der Waals surface area contributed by atoms with Crippen molar-refractivity contribution in [3.63, 3.8) is 0 Å². The molecular formula is C24H19ClFN5O2S. The predicted molar refractivity (Wildman–Crippen MR) is 130 cm³/mol. The summed E-state index contributed by atoms with van der Waals surface area (Å²) in [7, 11) is 1.55. The van der Waals surface area contributed by atoms with E-state index in [0.29, 0.717) is 27.4 Å². The zero-order valence-electron chi connectivity index (χ0n) is 17.9. The number of ether oxygens (including phenoxy) is 1. The fourth-order valence-electron chi connectivity index (χ4n) is 3.70. The van der Waals surface area contributed by atoms with Gasteiger partial charge in [0.05, 0.1) is 18.2 Å². The Labute approximate surface area is 204 Å². The zero-order valence-corrected chi connectivity index (χ0v) is 19.5. The number of hydrogen-bond donors (Lipinski definition) is 2. The molecule has 0 spiro atoms. The normalized spacial score (nSPS) is 16.9. The summed E-state index contributed by atoms with van der Waals surface area (Å²) in [6.07, 6.45) is 0. The maximum Gasteiger partial charge on any atom is 0.240 e. The molecule has 2 N–H and O–H groups in total. The standard InChI is InChI=1S/C24H19ClFN5O2S/c1-33-19-12-7-15(13-18(19)25)20-21(23(32)27-17-10-8-16(26)9-11-17)34-24-29-28-22(31(24)30-20)14-5-3-2-4-6-14/h2-13,20-21,30H,1H3,(H,27,32)/t20-,21+/m0/s1. The smallest absolute Gasteiger partial charge is 0.240 e. The number of benzene rings is 3. The van der Waals surface area contributed by atoms with Crippen LogP contribution in [0, 0.1) is 5.82 Å². The van der Waals surface area contributed by atoms with Crippen LogP contribution < -0.4 is 15.5 Å². The Morgan fingerprint density at radius 2 is 1.88 bits per heavy atom. The summed E-state index contributed by atoms with van der Waals surface area (Å²) in [4.78, 5) is 13.3. The average molecular weight is 496 g/mol. The fraction of sp³-hybridized carbons (Fsp3) is 0.125. The van der Waals surface area contributed by atoms with E-state index < -0.39 is 11.3 Å². The minimum absolute atomic E-state index is 0.267. The molecule has 1 aliphatic rings. The van der Waals surface area contributed by atoms with Crippen LogP contribution in [0.25, 0.3) is 11.4 Å². The van der Waals surface area contributed by atoms with Crippen molar-refractivity contribution in [1.82, 2.24) is 14.9 Å². The van der Waals surface area contributed by atoms with Crippen LogP contribution >= 0.6 is 23.4 Å². The summed E-state index contributed by atoms with van der Waals surface area (Å²) >= 11 is 7.69. The topological polar surface area (TPSA) is 81.1 Å². The van der Waals surface area contributed by atoms with Crippen molar-refractivity contribution >= 4 is 35.0 Å². The van der Waals surface area contributed by atoms with Crippen LogP contribution in [0.15, 0.2) is 78.0 Å². The lowest BCUT2D eigenvalue weighted by molar-refractivity contribution is -0.116. The van der Waals surface area contributed by atoms with Gasteiger partial charge in [0.25, 0.3) is 0 Å². The van der Waals surface area contributed by atoms with Gasteiger partial charge in [-0.15, -0.1) is 10.2 Å². The highest BCUT2D eigenvalue weighted by molar-refractivity contribution is 8.00. The summed E-state index contributed by atoms with van der Waals surface area (Å²) in [5, 5.41) is 11.9. The number of nitrogens with one attached hydrogen (secondary N) is 2. The van der Waals surface area contributed by atoms with Crippen molar-refractivity contribution in [3.05, 3.63) is 89.2 Å². The fourth-order valence-corrected chi connectivity index (χ4v) is 5.05. The molecule has 7 nitrogen and oxygen atoms in total. The number of amides is 1. The molecule has 0 aliphatic carbocycles. The highest BCUT2D eigenvalue weighted by Gasteiger charge is 2.38. The number of aromatic nitrogens is 3. The molecule has 0 bridgehead atoms. The van der Waals surface area contributed by atoms with Gasteiger partial charge in [-0.05, 0) is 42.0 Å². The molecule has 0 saturated heterocycles. The third-order valence-electron chi connectivity index (χ3n) is 5.37. The average Bonchev–Trinajstić information content (AvgIpc) is 3.28. The van der Waals surface area contributed by atoms with E-state index in [1.807, 2.05) is 36.4 Å². The molecule has 3 aromatic carbocycles.